The van der Waals surface area contributed by atoms with Gasteiger partial charge < -0.3 is 9.90 Å². The van der Waals surface area contributed by atoms with Crippen LogP contribution >= 0.6 is 23.2 Å². The molecule has 1 heterocycles. The Balaban J connectivity index is 2.64. The van der Waals surface area contributed by atoms with Gasteiger partial charge >= 0.3 is 0 Å². The molecular weight excluding hydrogens is 272 g/mol. The highest BCUT2D eigenvalue weighted by Gasteiger charge is 2.13. The zero-order valence-corrected chi connectivity index (χ0v) is 9.96. The predicted molar refractivity (Wildman–Crippen MR) is 57.4 cm³/mol. The molecule has 1 rings (SSSR count). The molecule has 1 atom stereocenters. The second-order valence-corrected chi connectivity index (χ2v) is 4.13. The third-order valence-corrected chi connectivity index (χ3v) is 2.67. The van der Waals surface area contributed by atoms with Crippen molar-refractivity contribution in [1.82, 2.24) is 4.98 Å². The highest BCUT2D eigenvalue weighted by molar-refractivity contribution is 6.29. The van der Waals surface area contributed by atoms with Crippen molar-refractivity contribution in [2.75, 3.05) is 0 Å². The van der Waals surface area contributed by atoms with E-state index in [-0.39, 0.29) is 23.6 Å². The van der Waals surface area contributed by atoms with E-state index >= 15 is 0 Å². The van der Waals surface area contributed by atoms with Crippen molar-refractivity contribution >= 4 is 35.0 Å². The summed E-state index contributed by atoms with van der Waals surface area (Å²) >= 11 is 10.7. The average molecular weight is 279 g/mol. The number of Topliss-reactive ketones (excluding diaryl/α,β-unsaturated/α-hetero) is 1. The zero-order chi connectivity index (χ0) is 13.0. The number of halogens is 3. The minimum atomic E-state index is -1.44. The largest absolute Gasteiger partial charge is 0.549 e. The number of ketones is 1. The van der Waals surface area contributed by atoms with Crippen LogP contribution in [0.15, 0.2) is 12.3 Å². The van der Waals surface area contributed by atoms with Gasteiger partial charge in [0.25, 0.3) is 0 Å². The number of pyridine rings is 1. The lowest BCUT2D eigenvalue weighted by molar-refractivity contribution is -0.305. The van der Waals surface area contributed by atoms with E-state index in [1.165, 1.54) is 0 Å². The Morgan fingerprint density at radius 1 is 1.53 bits per heavy atom. The molecule has 17 heavy (non-hydrogen) atoms. The minimum absolute atomic E-state index is 0.0223. The maximum atomic E-state index is 13.0. The van der Waals surface area contributed by atoms with E-state index in [2.05, 4.69) is 4.98 Å². The molecule has 0 saturated carbocycles. The van der Waals surface area contributed by atoms with Gasteiger partial charge in [-0.2, -0.15) is 0 Å². The molecule has 0 radical (unpaired) electrons. The molecule has 0 amide bonds. The summed E-state index contributed by atoms with van der Waals surface area (Å²) in [6.45, 7) is 0. The zero-order valence-electron chi connectivity index (χ0n) is 8.45. The van der Waals surface area contributed by atoms with E-state index in [0.717, 1.165) is 12.3 Å². The molecule has 0 N–H and O–H groups in total. The SMILES string of the molecule is O=C(CCC(Cl)C(=O)[O-])c1cnc(Cl)c(F)c1. The number of hydrogen-bond donors (Lipinski definition) is 0. The van der Waals surface area contributed by atoms with E-state index in [4.69, 9.17) is 23.2 Å². The highest BCUT2D eigenvalue weighted by Crippen LogP contribution is 2.15. The normalized spacial score (nSPS) is 12.2. The fourth-order valence-corrected chi connectivity index (χ4v) is 1.31. The number of carbonyl (C=O) groups is 2. The monoisotopic (exact) mass is 278 g/mol. The van der Waals surface area contributed by atoms with Gasteiger partial charge in [-0.3, -0.25) is 4.79 Å². The van der Waals surface area contributed by atoms with Crippen molar-refractivity contribution in [1.29, 1.82) is 0 Å². The number of carboxylic acid groups (broad SMARTS) is 1. The molecule has 0 aliphatic heterocycles. The van der Waals surface area contributed by atoms with E-state index in [1.807, 2.05) is 0 Å². The number of aromatic nitrogens is 1. The first-order valence-electron chi connectivity index (χ1n) is 4.61. The summed E-state index contributed by atoms with van der Waals surface area (Å²) < 4.78 is 13.0. The Labute approximate surface area is 106 Å². The first-order chi connectivity index (χ1) is 7.91. The van der Waals surface area contributed by atoms with Gasteiger partial charge in [0.15, 0.2) is 16.8 Å². The van der Waals surface area contributed by atoms with Crippen LogP contribution < -0.4 is 5.11 Å². The fourth-order valence-electron chi connectivity index (χ4n) is 1.09. The van der Waals surface area contributed by atoms with Gasteiger partial charge in [-0.05, 0) is 12.5 Å². The summed E-state index contributed by atoms with van der Waals surface area (Å²) in [5.41, 5.74) is 0.0223. The van der Waals surface area contributed by atoms with Gasteiger partial charge in [-0.15, -0.1) is 11.6 Å². The van der Waals surface area contributed by atoms with Crippen molar-refractivity contribution < 1.29 is 19.1 Å². The van der Waals surface area contributed by atoms with Gasteiger partial charge in [-0.25, -0.2) is 9.37 Å². The molecule has 0 spiro atoms. The highest BCUT2D eigenvalue weighted by atomic mass is 35.5. The van der Waals surface area contributed by atoms with E-state index in [0.29, 0.717) is 0 Å². The summed E-state index contributed by atoms with van der Waals surface area (Å²) in [4.78, 5) is 25.3. The minimum Gasteiger partial charge on any atom is -0.549 e. The number of nitrogens with zero attached hydrogens (tertiary/aromatic N) is 1. The maximum absolute atomic E-state index is 13.0. The van der Waals surface area contributed by atoms with Crippen molar-refractivity contribution in [3.05, 3.63) is 28.8 Å². The quantitative estimate of drug-likeness (QED) is 0.461. The van der Waals surface area contributed by atoms with Gasteiger partial charge in [0.1, 0.15) is 0 Å². The van der Waals surface area contributed by atoms with Crippen LogP contribution in [-0.2, 0) is 4.79 Å². The van der Waals surface area contributed by atoms with Crippen molar-refractivity contribution in [2.24, 2.45) is 0 Å². The van der Waals surface area contributed by atoms with Gasteiger partial charge in [0.05, 0.1) is 11.3 Å². The summed E-state index contributed by atoms with van der Waals surface area (Å²) in [6, 6.07) is 0.944. The third kappa shape index (κ3) is 3.94. The number of carbonyl (C=O) groups excluding carboxylic acids is 2. The summed E-state index contributed by atoms with van der Waals surface area (Å²) in [5, 5.41) is 8.73. The number of carboxylic acids is 1. The van der Waals surface area contributed by atoms with Crippen LogP contribution in [0.4, 0.5) is 4.39 Å². The van der Waals surface area contributed by atoms with Crippen molar-refractivity contribution in [2.45, 2.75) is 18.2 Å². The second-order valence-electron chi connectivity index (χ2n) is 3.25. The molecule has 0 aromatic carbocycles. The molecule has 4 nitrogen and oxygen atoms in total. The van der Waals surface area contributed by atoms with Crippen LogP contribution in [0.1, 0.15) is 23.2 Å². The van der Waals surface area contributed by atoms with Crippen LogP contribution in [0.25, 0.3) is 0 Å². The van der Waals surface area contributed by atoms with E-state index < -0.39 is 22.9 Å². The third-order valence-electron chi connectivity index (χ3n) is 2.00. The lowest BCUT2D eigenvalue weighted by Crippen LogP contribution is -2.32. The molecule has 0 aliphatic carbocycles. The number of rotatable bonds is 5. The Morgan fingerprint density at radius 2 is 2.18 bits per heavy atom. The second kappa shape index (κ2) is 5.93. The molecule has 1 unspecified atom stereocenters. The topological polar surface area (TPSA) is 70.1 Å². The molecule has 1 aromatic heterocycles. The van der Waals surface area contributed by atoms with E-state index in [9.17, 15) is 19.1 Å². The van der Waals surface area contributed by atoms with Crippen LogP contribution in [0.3, 0.4) is 0 Å². The molecule has 0 saturated heterocycles. The molecular formula is C10H7Cl2FNO3-. The lowest BCUT2D eigenvalue weighted by atomic mass is 10.1. The van der Waals surface area contributed by atoms with Gasteiger partial charge in [0, 0.05) is 18.2 Å². The van der Waals surface area contributed by atoms with Crippen LogP contribution in [0.2, 0.25) is 5.15 Å². The molecule has 1 aromatic rings. The van der Waals surface area contributed by atoms with Gasteiger partial charge in [0.2, 0.25) is 0 Å². The average Bonchev–Trinajstić information content (AvgIpc) is 2.28. The van der Waals surface area contributed by atoms with E-state index in [1.54, 1.807) is 0 Å². The molecule has 7 heteroatoms. The predicted octanol–water partition coefficient (Wildman–Crippen LogP) is 1.19. The Kier molecular flexibility index (Phi) is 4.84. The number of aliphatic carboxylic acids is 1. The van der Waals surface area contributed by atoms with Crippen LogP contribution in [0.5, 0.6) is 0 Å². The Hall–Kier alpha value is -1.20. The molecule has 0 bridgehead atoms. The van der Waals surface area contributed by atoms with Crippen LogP contribution in [0, 0.1) is 5.82 Å². The molecule has 0 aliphatic rings. The maximum Gasteiger partial charge on any atom is 0.164 e. The fraction of sp³-hybridized carbons (Fsp3) is 0.300. The summed E-state index contributed by atoms with van der Waals surface area (Å²) in [5.74, 6) is -2.71. The number of hydrogen-bond acceptors (Lipinski definition) is 4. The number of alkyl halides is 1. The lowest BCUT2D eigenvalue weighted by Gasteiger charge is -2.09. The summed E-state index contributed by atoms with van der Waals surface area (Å²) in [7, 11) is 0. The Bertz CT molecular complexity index is 453. The molecule has 92 valence electrons. The summed E-state index contributed by atoms with van der Waals surface area (Å²) in [6.07, 6.45) is 0.897. The first-order valence-corrected chi connectivity index (χ1v) is 5.42. The first kappa shape index (κ1) is 13.9. The van der Waals surface area contributed by atoms with Crippen molar-refractivity contribution in [3.8, 4) is 0 Å². The van der Waals surface area contributed by atoms with Crippen molar-refractivity contribution in [3.63, 3.8) is 0 Å². The standard InChI is InChI=1S/C10H8Cl2FNO3/c11-6(10(16)17)1-2-8(15)5-3-7(13)9(12)14-4-5/h3-4,6H,1-2H2,(H,16,17)/p-1. The van der Waals surface area contributed by atoms with Gasteiger partial charge in [-0.1, -0.05) is 11.6 Å². The Morgan fingerprint density at radius 3 is 2.71 bits per heavy atom. The smallest absolute Gasteiger partial charge is 0.164 e. The molecule has 0 fully saturated rings. The van der Waals surface area contributed by atoms with Crippen LogP contribution in [-0.4, -0.2) is 22.1 Å².